The number of anilines is 1. The smallest absolute Gasteiger partial charge is 0.329 e. The summed E-state index contributed by atoms with van der Waals surface area (Å²) in [6.45, 7) is 0.298. The van der Waals surface area contributed by atoms with Crippen LogP contribution in [0.15, 0.2) is 64.0 Å². The molecule has 0 radical (unpaired) electrons. The normalized spacial score (nSPS) is 23.7. The highest BCUT2D eigenvalue weighted by molar-refractivity contribution is 6.03. The number of halogens is 4. The number of fused-ring (bicyclic) bond motifs is 2. The zero-order valence-electron chi connectivity index (χ0n) is 30.9. The second-order valence-corrected chi connectivity index (χ2v) is 14.8. The minimum absolute atomic E-state index is 0.0771. The third kappa shape index (κ3) is 7.63. The van der Waals surface area contributed by atoms with Crippen LogP contribution in [0.25, 0.3) is 16.7 Å². The summed E-state index contributed by atoms with van der Waals surface area (Å²) in [4.78, 5) is 62.3. The maximum Gasteiger partial charge on any atom is 0.329 e. The molecule has 19 heteroatoms. The van der Waals surface area contributed by atoms with Crippen LogP contribution in [0.1, 0.15) is 61.3 Å². The number of allylic oxidation sites excluding steroid dienone is 2. The van der Waals surface area contributed by atoms with Crippen molar-refractivity contribution in [1.82, 2.24) is 39.3 Å². The van der Waals surface area contributed by atoms with Gasteiger partial charge < -0.3 is 16.0 Å². The molecule has 56 heavy (non-hydrogen) atoms. The van der Waals surface area contributed by atoms with Crippen LogP contribution in [0, 0.1) is 5.92 Å². The van der Waals surface area contributed by atoms with Crippen molar-refractivity contribution in [1.29, 1.82) is 0 Å². The highest BCUT2D eigenvalue weighted by Crippen LogP contribution is 2.36. The van der Waals surface area contributed by atoms with Crippen LogP contribution in [0.3, 0.4) is 0 Å². The summed E-state index contributed by atoms with van der Waals surface area (Å²) < 4.78 is 63.1. The van der Waals surface area contributed by atoms with Crippen LogP contribution in [0.4, 0.5) is 23.2 Å². The Labute approximate surface area is 318 Å². The van der Waals surface area contributed by atoms with E-state index in [2.05, 4.69) is 25.7 Å². The van der Waals surface area contributed by atoms with Gasteiger partial charge in [-0.05, 0) is 75.8 Å². The Morgan fingerprint density at radius 1 is 1.14 bits per heavy atom. The fourth-order valence-electron chi connectivity index (χ4n) is 8.13. The molecule has 1 aromatic carbocycles. The fourth-order valence-corrected chi connectivity index (χ4v) is 8.13. The average molecular weight is 782 g/mol. The average Bonchev–Trinajstić information content (AvgIpc) is 3.71. The van der Waals surface area contributed by atoms with Crippen molar-refractivity contribution >= 4 is 46.3 Å². The van der Waals surface area contributed by atoms with Crippen LogP contribution in [0.2, 0.25) is 0 Å². The number of aromatic nitrogens is 5. The third-order valence-electron chi connectivity index (χ3n) is 11.1. The van der Waals surface area contributed by atoms with Gasteiger partial charge in [-0.2, -0.15) is 5.10 Å². The molecule has 298 valence electrons. The Balaban J connectivity index is 0.944. The van der Waals surface area contributed by atoms with Gasteiger partial charge in [0.15, 0.2) is 5.65 Å². The molecule has 1 saturated carbocycles. The standard InChI is InChI=1S/C37H43F4N11O4/c1-48(19-21-4-6-22(7-5-21)44-18-25(31(42)32(38)39)46-34(54)24-17-45-51-14-3-13-43-33(24)51)29-12-15-50(20-37(29,40)41)23-8-9-26-28(16-23)49(2)36(56)52(26)27-10-11-30(53)47-35(27)55/h3,8-9,13-14,16-18,21-22,27,29,32H,4-7,10-12,15,19-20,42H2,1-2H3,(H,46,54)(H,47,53,55)/b31-25+,44-18?. The number of hydrogen-bond acceptors (Lipinski definition) is 10. The number of carbonyl (C=O) groups is 3. The van der Waals surface area contributed by atoms with Crippen LogP contribution in [-0.2, 0) is 16.6 Å². The zero-order chi connectivity index (χ0) is 39.9. The molecule has 4 aromatic rings. The van der Waals surface area contributed by atoms with Gasteiger partial charge in [0, 0.05) is 50.9 Å². The highest BCUT2D eigenvalue weighted by Gasteiger charge is 2.47. The van der Waals surface area contributed by atoms with Crippen molar-refractivity contribution in [3.05, 3.63) is 70.3 Å². The van der Waals surface area contributed by atoms with E-state index in [1.54, 1.807) is 54.4 Å². The van der Waals surface area contributed by atoms with Crippen LogP contribution >= 0.6 is 0 Å². The lowest BCUT2D eigenvalue weighted by Crippen LogP contribution is -2.58. The Hall–Kier alpha value is -5.59. The number of hydrogen-bond donors (Lipinski definition) is 3. The van der Waals surface area contributed by atoms with Gasteiger partial charge in [-0.1, -0.05) is 0 Å². The highest BCUT2D eigenvalue weighted by atomic mass is 19.3. The Morgan fingerprint density at radius 3 is 2.62 bits per heavy atom. The quantitative estimate of drug-likeness (QED) is 0.124. The number of aliphatic imine (C=N–C) groups is 1. The number of piperidine rings is 2. The van der Waals surface area contributed by atoms with Crippen molar-refractivity contribution < 1.29 is 31.9 Å². The number of imide groups is 1. The monoisotopic (exact) mass is 781 g/mol. The first-order valence-corrected chi connectivity index (χ1v) is 18.5. The summed E-state index contributed by atoms with van der Waals surface area (Å²) in [6.07, 6.45) is 5.58. The fraction of sp³-hybridized carbons (Fsp3) is 0.486. The summed E-state index contributed by atoms with van der Waals surface area (Å²) in [6, 6.07) is 4.60. The van der Waals surface area contributed by atoms with Gasteiger partial charge >= 0.3 is 5.69 Å². The minimum Gasteiger partial charge on any atom is -0.396 e. The summed E-state index contributed by atoms with van der Waals surface area (Å²) in [5.41, 5.74) is 5.91. The van der Waals surface area contributed by atoms with Crippen molar-refractivity contribution in [3.63, 3.8) is 0 Å². The molecule has 3 amide bonds. The van der Waals surface area contributed by atoms with E-state index in [4.69, 9.17) is 5.73 Å². The van der Waals surface area contributed by atoms with Crippen molar-refractivity contribution in [2.45, 2.75) is 75.4 Å². The van der Waals surface area contributed by atoms with Gasteiger partial charge in [0.25, 0.3) is 18.3 Å². The number of benzene rings is 1. The lowest BCUT2D eigenvalue weighted by molar-refractivity contribution is -0.135. The molecule has 3 aliphatic rings. The van der Waals surface area contributed by atoms with E-state index >= 15 is 8.78 Å². The van der Waals surface area contributed by atoms with E-state index < -0.39 is 60.1 Å². The molecular formula is C37H43F4N11O4. The van der Waals surface area contributed by atoms with E-state index in [0.29, 0.717) is 55.5 Å². The van der Waals surface area contributed by atoms with Crippen molar-refractivity contribution in [3.8, 4) is 0 Å². The number of nitrogens with zero attached hydrogens (tertiary/aromatic N) is 8. The summed E-state index contributed by atoms with van der Waals surface area (Å²) in [5.74, 6) is -4.58. The number of alkyl halides is 4. The molecule has 4 N–H and O–H groups in total. The Morgan fingerprint density at radius 2 is 1.91 bits per heavy atom. The molecule has 2 saturated heterocycles. The first-order valence-electron chi connectivity index (χ1n) is 18.5. The molecule has 2 aliphatic heterocycles. The predicted molar refractivity (Wildman–Crippen MR) is 199 cm³/mol. The first kappa shape index (κ1) is 38.7. The number of amides is 3. The lowest BCUT2D eigenvalue weighted by atomic mass is 9.85. The maximum atomic E-state index is 15.9. The molecule has 1 aliphatic carbocycles. The van der Waals surface area contributed by atoms with E-state index in [-0.39, 0.29) is 48.1 Å². The molecule has 0 bridgehead atoms. The molecule has 3 aromatic heterocycles. The summed E-state index contributed by atoms with van der Waals surface area (Å²) in [7, 11) is 3.28. The SMILES string of the molecule is CN(CC1CCC(N=C/C(NC(=O)c2cnn3cccnc23)=C(\N)C(F)F)CC1)C1CCN(c2ccc3c(c2)n(C)c(=O)n3C2CCC(=O)NC2=O)CC1(F)F. The maximum absolute atomic E-state index is 15.9. The molecule has 5 heterocycles. The van der Waals surface area contributed by atoms with Gasteiger partial charge in [-0.15, -0.1) is 0 Å². The van der Waals surface area contributed by atoms with E-state index in [9.17, 15) is 28.0 Å². The van der Waals surface area contributed by atoms with Gasteiger partial charge in [-0.3, -0.25) is 38.7 Å². The Kier molecular flexibility index (Phi) is 10.7. The number of nitrogens with two attached hydrogens (primary N) is 1. The largest absolute Gasteiger partial charge is 0.396 e. The first-order chi connectivity index (χ1) is 26.7. The van der Waals surface area contributed by atoms with E-state index in [1.807, 2.05) is 0 Å². The van der Waals surface area contributed by atoms with E-state index in [0.717, 1.165) is 6.21 Å². The molecule has 2 unspecified atom stereocenters. The van der Waals surface area contributed by atoms with Crippen LogP contribution < -0.4 is 27.0 Å². The molecule has 2 atom stereocenters. The number of aryl methyl sites for hydroxylation is 1. The molecule has 3 fully saturated rings. The number of imidazole rings is 1. The summed E-state index contributed by atoms with van der Waals surface area (Å²) in [5, 5.41) is 8.76. The van der Waals surface area contributed by atoms with Gasteiger partial charge in [-0.25, -0.2) is 31.9 Å². The second-order valence-electron chi connectivity index (χ2n) is 14.8. The van der Waals surface area contributed by atoms with Gasteiger partial charge in [0.05, 0.1) is 41.6 Å². The van der Waals surface area contributed by atoms with Crippen LogP contribution in [-0.4, -0.2) is 104 Å². The number of rotatable bonds is 10. The van der Waals surface area contributed by atoms with Crippen molar-refractivity contribution in [2.75, 3.05) is 31.6 Å². The van der Waals surface area contributed by atoms with Crippen LogP contribution in [0.5, 0.6) is 0 Å². The Bertz CT molecular complexity index is 2270. The number of nitrogens with one attached hydrogen (secondary N) is 2. The summed E-state index contributed by atoms with van der Waals surface area (Å²) >= 11 is 0. The second kappa shape index (κ2) is 15.5. The number of carbonyl (C=O) groups excluding carboxylic acids is 3. The minimum atomic E-state index is -3.05. The molecule has 7 rings (SSSR count). The molecule has 15 nitrogen and oxygen atoms in total. The van der Waals surface area contributed by atoms with E-state index in [1.165, 1.54) is 26.0 Å². The lowest BCUT2D eigenvalue weighted by Gasteiger charge is -2.44. The zero-order valence-corrected chi connectivity index (χ0v) is 30.9. The van der Waals surface area contributed by atoms with Gasteiger partial charge in [0.2, 0.25) is 11.8 Å². The van der Waals surface area contributed by atoms with Crippen molar-refractivity contribution in [2.24, 2.45) is 23.7 Å². The van der Waals surface area contributed by atoms with Gasteiger partial charge in [0.1, 0.15) is 17.3 Å². The third-order valence-corrected chi connectivity index (χ3v) is 11.1. The predicted octanol–water partition coefficient (Wildman–Crippen LogP) is 3.00. The molecule has 0 spiro atoms. The molecular weight excluding hydrogens is 738 g/mol. The topological polar surface area (TPSA) is 177 Å².